The summed E-state index contributed by atoms with van der Waals surface area (Å²) < 4.78 is 122. The average Bonchev–Trinajstić information content (AvgIpc) is 1.71. The monoisotopic (exact) mass is 1650 g/mol. The van der Waals surface area contributed by atoms with E-state index in [1.807, 2.05) is 0 Å². The Morgan fingerprint density at radius 2 is 0.661 bits per heavy atom. The van der Waals surface area contributed by atoms with Gasteiger partial charge in [0.1, 0.15) is 0 Å². The third-order valence-corrected chi connectivity index (χ3v) is 27.0. The molecule has 4 aromatic heterocycles. The number of aromatic nitrogens is 4. The molecular weight excluding hydrogens is 1540 g/mol. The fourth-order valence-electron chi connectivity index (χ4n) is 20.5. The van der Waals surface area contributed by atoms with E-state index in [0.29, 0.717) is 35.8 Å². The van der Waals surface area contributed by atoms with Crippen LogP contribution in [-0.4, -0.2) is 25.0 Å². The number of para-hydroxylation sites is 5. The largest absolute Gasteiger partial charge is 0.340 e. The van der Waals surface area contributed by atoms with Gasteiger partial charge in [-0.15, -0.1) is 0 Å². The first-order valence-electron chi connectivity index (χ1n) is 50.5. The number of nitrogens with zero attached hydrogens (tertiary/aromatic N) is 6. The predicted molar refractivity (Wildman–Crippen MR) is 541 cm³/mol. The second kappa shape index (κ2) is 30.2. The van der Waals surface area contributed by atoms with Crippen molar-refractivity contribution in [3.63, 3.8) is 0 Å². The first-order valence-corrected chi connectivity index (χ1v) is 44.5. The number of rotatable bonds is 16. The zero-order valence-electron chi connectivity index (χ0n) is 84.9. The lowest BCUT2D eigenvalue weighted by Crippen LogP contribution is -2.62. The summed E-state index contributed by atoms with van der Waals surface area (Å²) in [5.74, 6) is 0. The van der Waals surface area contributed by atoms with Crippen molar-refractivity contribution >= 4 is 133 Å². The zero-order chi connectivity index (χ0) is 96.2. The molecule has 17 aromatic carbocycles. The van der Waals surface area contributed by atoms with Crippen LogP contribution in [0.25, 0.3) is 143 Å². The number of hydrogen-bond acceptors (Lipinski definition) is 2. The highest BCUT2D eigenvalue weighted by Gasteiger charge is 2.44. The fraction of sp³-hybridized carbons (Fsp3) is 0.150. The van der Waals surface area contributed by atoms with E-state index in [-0.39, 0.29) is 106 Å². The van der Waals surface area contributed by atoms with Crippen molar-refractivity contribution in [2.75, 3.05) is 9.80 Å². The van der Waals surface area contributed by atoms with Gasteiger partial charge >= 0.3 is 0 Å². The molecule has 0 saturated carbocycles. The molecular formula is C120H101BN6. The Morgan fingerprint density at radius 1 is 0.268 bits per heavy atom. The Hall–Kier alpha value is -14.4. The molecule has 0 radical (unpaired) electrons. The minimum atomic E-state index is -0.494. The van der Waals surface area contributed by atoms with Gasteiger partial charge < -0.3 is 28.1 Å². The molecule has 0 saturated heterocycles. The minimum absolute atomic E-state index is 0.0390. The number of hydrogen-bond donors (Lipinski definition) is 0. The summed E-state index contributed by atoms with van der Waals surface area (Å²) in [6, 6.07) is 106. The van der Waals surface area contributed by atoms with Gasteiger partial charge in [-0.1, -0.05) is 317 Å². The van der Waals surface area contributed by atoms with Gasteiger partial charge in [-0.25, -0.2) is 0 Å². The third-order valence-electron chi connectivity index (χ3n) is 27.0. The number of fused-ring (bicyclic) bond motifs is 16. The van der Waals surface area contributed by atoms with E-state index in [2.05, 4.69) is 389 Å². The molecule has 21 aromatic rings. The summed E-state index contributed by atoms with van der Waals surface area (Å²) in [6.07, 6.45) is 0.633. The zero-order valence-corrected chi connectivity index (χ0v) is 72.9. The molecule has 23 rings (SSSR count). The van der Waals surface area contributed by atoms with Gasteiger partial charge in [0.05, 0.1) is 38.5 Å². The van der Waals surface area contributed by atoms with Crippen LogP contribution in [0.4, 0.5) is 22.7 Å². The van der Waals surface area contributed by atoms with E-state index in [1.165, 1.54) is 21.9 Å². The van der Waals surface area contributed by atoms with Crippen LogP contribution in [0.3, 0.4) is 0 Å². The molecule has 0 spiro atoms. The van der Waals surface area contributed by atoms with Crippen molar-refractivity contribution in [2.24, 2.45) is 0 Å². The molecule has 0 bridgehead atoms. The van der Waals surface area contributed by atoms with Gasteiger partial charge in [0, 0.05) is 125 Å². The van der Waals surface area contributed by atoms with Crippen molar-refractivity contribution < 1.29 is 16.4 Å². The molecule has 6 heterocycles. The molecule has 0 N–H and O–H groups in total. The normalized spacial score (nSPS) is 14.2. The summed E-state index contributed by atoms with van der Waals surface area (Å²) in [5.41, 5.74) is 30.0. The second-order valence-electron chi connectivity index (χ2n) is 37.8. The lowest BCUT2D eigenvalue weighted by molar-refractivity contribution is 0.590. The smallest absolute Gasteiger partial charge is 0.252 e. The number of aryl methyl sites for hydroxylation is 4. The minimum Gasteiger partial charge on any atom is -0.340 e. The summed E-state index contributed by atoms with van der Waals surface area (Å²) >= 11 is 0. The van der Waals surface area contributed by atoms with E-state index < -0.39 is 30.9 Å². The Balaban J connectivity index is 0.813. The van der Waals surface area contributed by atoms with E-state index in [4.69, 9.17) is 5.48 Å². The van der Waals surface area contributed by atoms with E-state index in [1.54, 1.807) is 4.57 Å². The summed E-state index contributed by atoms with van der Waals surface area (Å²) in [5, 5.41) is 5.75. The number of benzene rings is 17. The van der Waals surface area contributed by atoms with Gasteiger partial charge in [0.15, 0.2) is 0 Å². The van der Waals surface area contributed by atoms with Crippen LogP contribution in [0.15, 0.2) is 376 Å². The van der Waals surface area contributed by atoms with Gasteiger partial charge in [-0.3, -0.25) is 0 Å². The molecule has 0 unspecified atom stereocenters. The lowest BCUT2D eigenvalue weighted by Gasteiger charge is -2.45. The van der Waals surface area contributed by atoms with Gasteiger partial charge in [-0.05, 0) is 250 Å². The summed E-state index contributed by atoms with van der Waals surface area (Å²) in [6.45, 7) is 21.1. The Labute approximate surface area is 761 Å². The molecule has 0 atom stereocenters. The van der Waals surface area contributed by atoms with Crippen LogP contribution in [0.1, 0.15) is 118 Å². The van der Waals surface area contributed by atoms with E-state index in [9.17, 15) is 11.0 Å². The molecule has 2 aliphatic rings. The summed E-state index contributed by atoms with van der Waals surface area (Å²) in [4.78, 5) is 5.13. The van der Waals surface area contributed by atoms with Crippen LogP contribution in [0.5, 0.6) is 0 Å². The summed E-state index contributed by atoms with van der Waals surface area (Å²) in [7, 11) is 0. The van der Waals surface area contributed by atoms with E-state index in [0.717, 1.165) is 161 Å². The van der Waals surface area contributed by atoms with Gasteiger partial charge in [0.25, 0.3) is 6.71 Å². The molecule has 127 heavy (non-hydrogen) atoms. The van der Waals surface area contributed by atoms with Crippen LogP contribution >= 0.6 is 0 Å². The topological polar surface area (TPSA) is 26.2 Å². The first-order chi connectivity index (χ1) is 66.8. The maximum Gasteiger partial charge on any atom is 0.252 e. The predicted octanol–water partition coefficient (Wildman–Crippen LogP) is 29.0. The van der Waals surface area contributed by atoms with Crippen molar-refractivity contribution in [1.29, 1.82) is 0 Å². The lowest BCUT2D eigenvalue weighted by atomic mass is 9.33. The standard InChI is InChI=1S/C120H101BN6/c1-118(2,3)87-51-57-111-99(70-87)100-71-88(119(4,5)6)52-58-112(100)127(111)91-53-56-104-114(75-91)124(76-80-64-85(81-32-14-10-15-33-81)69-86(65-80)82-34-16-11-17-35-82)115-67-79(61-63-123-107-47-29-24-44-96(107)101-74-90(54-59-108(101)123)126-109-48-30-25-42-94(109)95-43-26-31-49-110(95)126)68-116-117(115)121(104)103-55-50-78(60-62-122-105-45-27-22-40-92(105)93-41-23-28-46-106(93)122)66-113(103)125(116)77-102-97(83-36-18-12-19-37-83)72-89(120(7,8)9)73-98(102)84-38-20-13-21-39-84/h10-59,64-75H,60-63,76-77H2,1-9H3/i22D,23D,24D,27D,28D,29D,40D,41D,44D,45D,46D,47D. The van der Waals surface area contributed by atoms with Gasteiger partial charge in [-0.2, -0.15) is 0 Å². The molecule has 0 fully saturated rings. The molecule has 2 aliphatic heterocycles. The molecule has 614 valence electrons. The average molecular weight is 1650 g/mol. The fourth-order valence-corrected chi connectivity index (χ4v) is 20.5. The maximum atomic E-state index is 10.1. The number of anilines is 4. The van der Waals surface area contributed by atoms with Crippen LogP contribution in [0, 0.1) is 0 Å². The molecule has 7 heteroatoms. The van der Waals surface area contributed by atoms with Crippen LogP contribution in [0.2, 0.25) is 0 Å². The van der Waals surface area contributed by atoms with Gasteiger partial charge in [0.2, 0.25) is 0 Å². The van der Waals surface area contributed by atoms with Crippen molar-refractivity contribution in [3.8, 4) is 55.9 Å². The second-order valence-corrected chi connectivity index (χ2v) is 37.8. The quantitative estimate of drug-likeness (QED) is 0.0901. The van der Waals surface area contributed by atoms with Crippen LogP contribution < -0.4 is 26.2 Å². The third kappa shape index (κ3) is 13.3. The Bertz CT molecular complexity index is 8420. The van der Waals surface area contributed by atoms with Crippen LogP contribution in [-0.2, 0) is 55.3 Å². The molecule has 6 nitrogen and oxygen atoms in total. The Morgan fingerprint density at radius 3 is 1.17 bits per heavy atom. The highest BCUT2D eigenvalue weighted by molar-refractivity contribution is 7.00. The molecule has 0 amide bonds. The Kier molecular flexibility index (Phi) is 15.5. The first kappa shape index (κ1) is 65.3. The highest BCUT2D eigenvalue weighted by Crippen LogP contribution is 2.48. The van der Waals surface area contributed by atoms with Crippen molar-refractivity contribution in [3.05, 3.63) is 415 Å². The van der Waals surface area contributed by atoms with Crippen molar-refractivity contribution in [2.45, 2.75) is 118 Å². The highest BCUT2D eigenvalue weighted by atomic mass is 15.2. The molecule has 0 aliphatic carbocycles. The van der Waals surface area contributed by atoms with E-state index >= 15 is 0 Å². The SMILES string of the molecule is [2H]c1c([2H])c([2H])c2c(c1[2H])c1cc(-n3c4ccccc4c4ccccc43)ccc1n2CCc1cc2c3c(c1)N(Cc1c(-c4ccccc4)cc(C(C)(C)C)cc1-c1ccccc1)c1cc(CCn4c5c([2H])c([2H])c([2H])c([2H])c5c5c([2H])c([2H])c([2H])c([2H])c54)ccc1B3c1ccc(-n3c4ccc(C(C)(C)C)cc4c4cc(C(C)(C)C)ccc43)cc1N2Cc1cc(-c2ccccc2)cc(-c2ccccc2)c1. The van der Waals surface area contributed by atoms with Crippen molar-refractivity contribution in [1.82, 2.24) is 18.3 Å². The maximum absolute atomic E-state index is 10.1.